The molecule has 118 valence electrons. The number of quaternary nitrogens is 1. The third kappa shape index (κ3) is 10.1. The van der Waals surface area contributed by atoms with Crippen molar-refractivity contribution in [3.8, 4) is 0 Å². The number of phosphoric acid groups is 1. The number of carbonyl (C=O) groups excluding carboxylic acids is 1. The van der Waals surface area contributed by atoms with Crippen LogP contribution in [0.1, 0.15) is 19.8 Å². The molecule has 0 aromatic rings. The van der Waals surface area contributed by atoms with Crippen molar-refractivity contribution in [2.45, 2.75) is 25.8 Å². The Kier molecular flexibility index (Phi) is 8.23. The predicted octanol–water partition coefficient (Wildman–Crippen LogP) is 1.07. The van der Waals surface area contributed by atoms with Crippen LogP contribution in [0.15, 0.2) is 12.2 Å². The molecule has 2 N–H and O–H groups in total. The fraction of sp³-hybridized carbons (Fsp3) is 0.750. The van der Waals surface area contributed by atoms with Gasteiger partial charge in [0.2, 0.25) is 0 Å². The minimum absolute atomic E-state index is 0.0451. The minimum atomic E-state index is -4.46. The Balaban J connectivity index is 4.19. The number of phosphoric ester groups is 1. The maximum absolute atomic E-state index is 11.1. The second-order valence-electron chi connectivity index (χ2n) is 5.37. The van der Waals surface area contributed by atoms with Crippen LogP contribution < -0.4 is 0 Å². The summed E-state index contributed by atoms with van der Waals surface area (Å²) in [5.41, 5.74) is 0. The van der Waals surface area contributed by atoms with Gasteiger partial charge in [-0.2, -0.15) is 0 Å². The molecule has 0 heterocycles. The molecule has 0 aliphatic carbocycles. The Bertz CT molecular complexity index is 371. The van der Waals surface area contributed by atoms with Crippen LogP contribution in [-0.2, 0) is 18.6 Å². The van der Waals surface area contributed by atoms with Gasteiger partial charge >= 0.3 is 13.8 Å². The zero-order valence-electron chi connectivity index (χ0n) is 12.5. The van der Waals surface area contributed by atoms with Crippen molar-refractivity contribution < 1.29 is 32.9 Å². The Morgan fingerprint density at radius 2 is 1.95 bits per heavy atom. The molecule has 0 bridgehead atoms. The third-order valence-corrected chi connectivity index (χ3v) is 3.24. The highest BCUT2D eigenvalue weighted by Gasteiger charge is 2.27. The van der Waals surface area contributed by atoms with E-state index in [9.17, 15) is 9.36 Å². The van der Waals surface area contributed by atoms with E-state index in [0.29, 0.717) is 17.3 Å². The highest BCUT2D eigenvalue weighted by atomic mass is 31.2. The molecule has 0 saturated carbocycles. The fourth-order valence-corrected chi connectivity index (χ4v) is 1.92. The molecule has 0 radical (unpaired) electrons. The van der Waals surface area contributed by atoms with Gasteiger partial charge in [0.15, 0.2) is 0 Å². The first-order chi connectivity index (χ1) is 9.06. The lowest BCUT2D eigenvalue weighted by atomic mass is 10.1. The molecule has 0 aliphatic heterocycles. The molecule has 1 atom stereocenters. The number of ether oxygens (including phenoxy) is 1. The summed E-state index contributed by atoms with van der Waals surface area (Å²) in [6.07, 6.45) is 4.18. The van der Waals surface area contributed by atoms with Gasteiger partial charge in [0.25, 0.3) is 0 Å². The van der Waals surface area contributed by atoms with Gasteiger partial charge in [-0.3, -0.25) is 4.52 Å². The third-order valence-electron chi connectivity index (χ3n) is 2.76. The van der Waals surface area contributed by atoms with E-state index in [1.807, 2.05) is 21.1 Å². The molecule has 0 amide bonds. The Labute approximate surface area is 120 Å². The van der Waals surface area contributed by atoms with Gasteiger partial charge in [-0.25, -0.2) is 9.36 Å². The smallest absolute Gasteiger partial charge is 0.463 e. The van der Waals surface area contributed by atoms with E-state index in [4.69, 9.17) is 14.5 Å². The molecule has 0 aromatic heterocycles. The van der Waals surface area contributed by atoms with E-state index in [2.05, 4.69) is 4.52 Å². The maximum Gasteiger partial charge on any atom is 0.469 e. The van der Waals surface area contributed by atoms with Gasteiger partial charge in [-0.05, 0) is 13.3 Å². The zero-order chi connectivity index (χ0) is 15.8. The van der Waals surface area contributed by atoms with E-state index in [1.165, 1.54) is 6.08 Å². The highest BCUT2D eigenvalue weighted by Crippen LogP contribution is 2.36. The number of carbonyl (C=O) groups is 1. The SMILES string of the molecule is CC=CC(=O)OCCCC(COP(=O)(O)O)[N+](C)(C)C. The Hall–Kier alpha value is -0.720. The molecule has 1 unspecified atom stereocenters. The first kappa shape index (κ1) is 19.3. The first-order valence-electron chi connectivity index (χ1n) is 6.37. The summed E-state index contributed by atoms with van der Waals surface area (Å²) in [7, 11) is 1.29. The molecule has 0 spiro atoms. The normalized spacial score (nSPS) is 14.5. The van der Waals surface area contributed by atoms with E-state index in [0.717, 1.165) is 0 Å². The predicted molar refractivity (Wildman–Crippen MR) is 74.8 cm³/mol. The molecule has 0 fully saturated rings. The van der Waals surface area contributed by atoms with Gasteiger partial charge in [-0.1, -0.05) is 6.08 Å². The van der Waals surface area contributed by atoms with Crippen LogP contribution in [0.4, 0.5) is 0 Å². The van der Waals surface area contributed by atoms with Gasteiger partial charge in [0.05, 0.1) is 27.7 Å². The van der Waals surface area contributed by atoms with Gasteiger partial charge < -0.3 is 19.0 Å². The molecule has 8 heteroatoms. The molecular weight excluding hydrogens is 285 g/mol. The summed E-state index contributed by atoms with van der Waals surface area (Å²) in [5, 5.41) is 0. The number of hydrogen-bond donors (Lipinski definition) is 2. The van der Waals surface area contributed by atoms with Crippen LogP contribution in [-0.4, -0.2) is 60.6 Å². The van der Waals surface area contributed by atoms with Crippen LogP contribution in [0.5, 0.6) is 0 Å². The van der Waals surface area contributed by atoms with Gasteiger partial charge in [-0.15, -0.1) is 0 Å². The summed E-state index contributed by atoms with van der Waals surface area (Å²) < 4.78 is 20.8. The van der Waals surface area contributed by atoms with Gasteiger partial charge in [0.1, 0.15) is 12.6 Å². The summed E-state index contributed by atoms with van der Waals surface area (Å²) in [4.78, 5) is 28.6. The van der Waals surface area contributed by atoms with E-state index in [1.54, 1.807) is 13.0 Å². The standard InChI is InChI=1S/C12H24NO6P/c1-5-7-12(14)18-9-6-8-11(13(2,3)4)10-19-20(15,16)17/h5,7,11H,6,8-10H2,1-4H3,(H-,15,16,17)/p+1. The van der Waals surface area contributed by atoms with E-state index in [-0.39, 0.29) is 25.2 Å². The average molecular weight is 310 g/mol. The molecule has 0 aromatic carbocycles. The van der Waals surface area contributed by atoms with Gasteiger partial charge in [0, 0.05) is 12.5 Å². The monoisotopic (exact) mass is 310 g/mol. The summed E-state index contributed by atoms with van der Waals surface area (Å²) in [6.45, 7) is 1.96. The second kappa shape index (κ2) is 8.54. The number of hydrogen-bond acceptors (Lipinski definition) is 4. The van der Waals surface area contributed by atoms with E-state index < -0.39 is 7.82 Å². The van der Waals surface area contributed by atoms with Crippen molar-refractivity contribution in [1.29, 1.82) is 0 Å². The topological polar surface area (TPSA) is 93.1 Å². The van der Waals surface area contributed by atoms with Crippen molar-refractivity contribution in [1.82, 2.24) is 0 Å². The van der Waals surface area contributed by atoms with Crippen molar-refractivity contribution >= 4 is 13.8 Å². The lowest BCUT2D eigenvalue weighted by molar-refractivity contribution is -0.896. The highest BCUT2D eigenvalue weighted by molar-refractivity contribution is 7.46. The summed E-state index contributed by atoms with van der Waals surface area (Å²) in [5.74, 6) is -0.388. The Morgan fingerprint density at radius 1 is 1.35 bits per heavy atom. The lowest BCUT2D eigenvalue weighted by Crippen LogP contribution is -2.47. The summed E-state index contributed by atoms with van der Waals surface area (Å²) >= 11 is 0. The van der Waals surface area contributed by atoms with Crippen LogP contribution >= 0.6 is 7.82 Å². The zero-order valence-corrected chi connectivity index (χ0v) is 13.4. The molecule has 0 aliphatic rings. The molecule has 20 heavy (non-hydrogen) atoms. The number of nitrogens with zero attached hydrogens (tertiary/aromatic N) is 1. The Morgan fingerprint density at radius 3 is 2.40 bits per heavy atom. The number of rotatable bonds is 9. The summed E-state index contributed by atoms with van der Waals surface area (Å²) in [6, 6.07) is -0.0944. The van der Waals surface area contributed by atoms with Crippen LogP contribution in [0.25, 0.3) is 0 Å². The minimum Gasteiger partial charge on any atom is -0.463 e. The van der Waals surface area contributed by atoms with Crippen molar-refractivity contribution in [3.05, 3.63) is 12.2 Å². The number of likely N-dealkylation sites (N-methyl/N-ethyl adjacent to an activating group) is 1. The molecular formula is C12H25NO6P+. The van der Waals surface area contributed by atoms with E-state index >= 15 is 0 Å². The van der Waals surface area contributed by atoms with Crippen LogP contribution in [0, 0.1) is 0 Å². The fourth-order valence-electron chi connectivity index (χ4n) is 1.55. The van der Waals surface area contributed by atoms with Crippen molar-refractivity contribution in [2.24, 2.45) is 0 Å². The average Bonchev–Trinajstić information content (AvgIpc) is 2.25. The maximum atomic E-state index is 11.1. The molecule has 0 rings (SSSR count). The molecule has 7 nitrogen and oxygen atoms in total. The number of esters is 1. The number of allylic oxidation sites excluding steroid dienone is 1. The van der Waals surface area contributed by atoms with Crippen LogP contribution in [0.2, 0.25) is 0 Å². The van der Waals surface area contributed by atoms with Crippen molar-refractivity contribution in [2.75, 3.05) is 34.4 Å². The molecule has 0 saturated heterocycles. The first-order valence-corrected chi connectivity index (χ1v) is 7.90. The van der Waals surface area contributed by atoms with Crippen molar-refractivity contribution in [3.63, 3.8) is 0 Å². The lowest BCUT2D eigenvalue weighted by Gasteiger charge is -2.34. The van der Waals surface area contributed by atoms with Crippen LogP contribution in [0.3, 0.4) is 0 Å². The largest absolute Gasteiger partial charge is 0.469 e. The quantitative estimate of drug-likeness (QED) is 0.217. The second-order valence-corrected chi connectivity index (χ2v) is 6.61.